The van der Waals surface area contributed by atoms with Crippen LogP contribution in [0.4, 0.5) is 5.69 Å². The summed E-state index contributed by atoms with van der Waals surface area (Å²) in [6.07, 6.45) is 1.57. The van der Waals surface area contributed by atoms with Gasteiger partial charge in [-0.1, -0.05) is 20.3 Å². The lowest BCUT2D eigenvalue weighted by atomic mass is 9.94. The standard InChI is InChI=1S/C12H16N2O3/c1-3-8(2)6-9-7-10(14(16)17)4-5-11(9)12(13)15/h4-5,7-8H,3,6H2,1-2H3,(H2,13,15). The van der Waals surface area contributed by atoms with Crippen molar-refractivity contribution in [2.45, 2.75) is 26.7 Å². The molecule has 0 saturated heterocycles. The number of non-ortho nitro benzene ring substituents is 1. The number of rotatable bonds is 5. The van der Waals surface area contributed by atoms with Gasteiger partial charge in [0, 0.05) is 17.7 Å². The van der Waals surface area contributed by atoms with Gasteiger partial charge in [-0.15, -0.1) is 0 Å². The number of amides is 1. The van der Waals surface area contributed by atoms with E-state index < -0.39 is 10.8 Å². The first-order chi connectivity index (χ1) is 7.95. The lowest BCUT2D eigenvalue weighted by molar-refractivity contribution is -0.384. The molecule has 1 atom stereocenters. The molecule has 0 aromatic heterocycles. The zero-order chi connectivity index (χ0) is 13.0. The van der Waals surface area contributed by atoms with E-state index in [1.807, 2.05) is 13.8 Å². The highest BCUT2D eigenvalue weighted by atomic mass is 16.6. The van der Waals surface area contributed by atoms with Gasteiger partial charge in [0.2, 0.25) is 5.91 Å². The molecule has 0 heterocycles. The van der Waals surface area contributed by atoms with Crippen LogP contribution in [0.2, 0.25) is 0 Å². The van der Waals surface area contributed by atoms with Gasteiger partial charge < -0.3 is 5.73 Å². The fraction of sp³-hybridized carbons (Fsp3) is 0.417. The number of carbonyl (C=O) groups is 1. The number of nitrogens with two attached hydrogens (primary N) is 1. The number of primary amides is 1. The van der Waals surface area contributed by atoms with Crippen LogP contribution in [-0.2, 0) is 6.42 Å². The monoisotopic (exact) mass is 236 g/mol. The van der Waals surface area contributed by atoms with E-state index in [1.165, 1.54) is 18.2 Å². The van der Waals surface area contributed by atoms with Crippen molar-refractivity contribution in [2.75, 3.05) is 0 Å². The highest BCUT2D eigenvalue weighted by Gasteiger charge is 2.15. The van der Waals surface area contributed by atoms with Gasteiger partial charge >= 0.3 is 0 Å². The van der Waals surface area contributed by atoms with Crippen molar-refractivity contribution in [3.8, 4) is 0 Å². The number of hydrogen-bond acceptors (Lipinski definition) is 3. The van der Waals surface area contributed by atoms with Crippen LogP contribution in [0.25, 0.3) is 0 Å². The minimum absolute atomic E-state index is 0.00620. The summed E-state index contributed by atoms with van der Waals surface area (Å²) in [5.41, 5.74) is 6.27. The SMILES string of the molecule is CCC(C)Cc1cc([N+](=O)[O-])ccc1C(N)=O. The van der Waals surface area contributed by atoms with Gasteiger partial charge in [0.1, 0.15) is 0 Å². The second kappa shape index (κ2) is 5.43. The first-order valence-corrected chi connectivity index (χ1v) is 5.52. The number of nitro groups is 1. The fourth-order valence-electron chi connectivity index (χ4n) is 1.62. The molecular formula is C12H16N2O3. The summed E-state index contributed by atoms with van der Waals surface area (Å²) in [5, 5.41) is 10.7. The summed E-state index contributed by atoms with van der Waals surface area (Å²) >= 11 is 0. The number of nitrogens with zero attached hydrogens (tertiary/aromatic N) is 1. The van der Waals surface area contributed by atoms with E-state index in [0.29, 0.717) is 23.5 Å². The highest BCUT2D eigenvalue weighted by Crippen LogP contribution is 2.21. The molecule has 0 spiro atoms. The molecule has 17 heavy (non-hydrogen) atoms. The Balaban J connectivity index is 3.15. The molecule has 1 aromatic carbocycles. The van der Waals surface area contributed by atoms with E-state index in [4.69, 9.17) is 5.73 Å². The van der Waals surface area contributed by atoms with Crippen LogP contribution in [-0.4, -0.2) is 10.8 Å². The van der Waals surface area contributed by atoms with E-state index in [2.05, 4.69) is 0 Å². The zero-order valence-electron chi connectivity index (χ0n) is 9.97. The minimum Gasteiger partial charge on any atom is -0.366 e. The Morgan fingerprint density at radius 1 is 1.53 bits per heavy atom. The van der Waals surface area contributed by atoms with Gasteiger partial charge in [0.05, 0.1) is 4.92 Å². The molecule has 5 heteroatoms. The third kappa shape index (κ3) is 3.27. The minimum atomic E-state index is -0.543. The van der Waals surface area contributed by atoms with E-state index in [0.717, 1.165) is 6.42 Å². The van der Waals surface area contributed by atoms with Gasteiger partial charge in [-0.05, 0) is 24.0 Å². The summed E-state index contributed by atoms with van der Waals surface area (Å²) < 4.78 is 0. The molecule has 0 saturated carbocycles. The largest absolute Gasteiger partial charge is 0.366 e. The number of carbonyl (C=O) groups excluding carboxylic acids is 1. The Bertz CT molecular complexity index is 443. The Kier molecular flexibility index (Phi) is 4.20. The van der Waals surface area contributed by atoms with Crippen LogP contribution in [0.15, 0.2) is 18.2 Å². The number of nitro benzene ring substituents is 1. The maximum Gasteiger partial charge on any atom is 0.269 e. The lowest BCUT2D eigenvalue weighted by Crippen LogP contribution is -2.15. The van der Waals surface area contributed by atoms with Crippen LogP contribution < -0.4 is 5.73 Å². The van der Waals surface area contributed by atoms with Gasteiger partial charge in [-0.3, -0.25) is 14.9 Å². The van der Waals surface area contributed by atoms with Gasteiger partial charge in [0.25, 0.3) is 5.69 Å². The summed E-state index contributed by atoms with van der Waals surface area (Å²) in [6.45, 7) is 4.07. The number of benzene rings is 1. The number of hydrogen-bond donors (Lipinski definition) is 1. The van der Waals surface area contributed by atoms with Crippen molar-refractivity contribution in [3.63, 3.8) is 0 Å². The first-order valence-electron chi connectivity index (χ1n) is 5.52. The van der Waals surface area contributed by atoms with Crippen molar-refractivity contribution in [1.82, 2.24) is 0 Å². The third-order valence-electron chi connectivity index (χ3n) is 2.83. The Morgan fingerprint density at radius 3 is 2.65 bits per heavy atom. The molecule has 0 aliphatic carbocycles. The van der Waals surface area contributed by atoms with Crippen molar-refractivity contribution in [2.24, 2.45) is 11.7 Å². The maximum absolute atomic E-state index is 11.2. The molecule has 0 aliphatic heterocycles. The molecule has 1 amide bonds. The first kappa shape index (κ1) is 13.2. The molecule has 0 radical (unpaired) electrons. The van der Waals surface area contributed by atoms with Crippen LogP contribution in [0, 0.1) is 16.0 Å². The highest BCUT2D eigenvalue weighted by molar-refractivity contribution is 5.94. The zero-order valence-corrected chi connectivity index (χ0v) is 9.97. The van der Waals surface area contributed by atoms with Gasteiger partial charge in [0.15, 0.2) is 0 Å². The smallest absolute Gasteiger partial charge is 0.269 e. The van der Waals surface area contributed by atoms with Crippen LogP contribution in [0.3, 0.4) is 0 Å². The summed E-state index contributed by atoms with van der Waals surface area (Å²) in [5.74, 6) is -0.187. The summed E-state index contributed by atoms with van der Waals surface area (Å²) in [7, 11) is 0. The van der Waals surface area contributed by atoms with E-state index >= 15 is 0 Å². The maximum atomic E-state index is 11.2. The molecule has 1 unspecified atom stereocenters. The van der Waals surface area contributed by atoms with Crippen molar-refractivity contribution in [1.29, 1.82) is 0 Å². The fourth-order valence-corrected chi connectivity index (χ4v) is 1.62. The van der Waals surface area contributed by atoms with Crippen LogP contribution in [0.1, 0.15) is 36.2 Å². The van der Waals surface area contributed by atoms with Crippen molar-refractivity contribution >= 4 is 11.6 Å². The Labute approximate surface area is 99.8 Å². The van der Waals surface area contributed by atoms with Gasteiger partial charge in [-0.25, -0.2) is 0 Å². The third-order valence-corrected chi connectivity index (χ3v) is 2.83. The molecular weight excluding hydrogens is 220 g/mol. The molecule has 0 fully saturated rings. The van der Waals surface area contributed by atoms with Crippen LogP contribution >= 0.6 is 0 Å². The lowest BCUT2D eigenvalue weighted by Gasteiger charge is -2.11. The average Bonchev–Trinajstić information content (AvgIpc) is 2.28. The topological polar surface area (TPSA) is 86.2 Å². The molecule has 1 aromatic rings. The normalized spacial score (nSPS) is 12.1. The van der Waals surface area contributed by atoms with E-state index in [1.54, 1.807) is 0 Å². The van der Waals surface area contributed by atoms with Crippen molar-refractivity contribution in [3.05, 3.63) is 39.4 Å². The quantitative estimate of drug-likeness (QED) is 0.628. The van der Waals surface area contributed by atoms with Crippen LogP contribution in [0.5, 0.6) is 0 Å². The Morgan fingerprint density at radius 2 is 2.18 bits per heavy atom. The molecule has 92 valence electrons. The molecule has 0 bridgehead atoms. The summed E-state index contributed by atoms with van der Waals surface area (Å²) in [6, 6.07) is 4.17. The van der Waals surface area contributed by atoms with Gasteiger partial charge in [-0.2, -0.15) is 0 Å². The van der Waals surface area contributed by atoms with E-state index in [9.17, 15) is 14.9 Å². The molecule has 5 nitrogen and oxygen atoms in total. The average molecular weight is 236 g/mol. The molecule has 2 N–H and O–H groups in total. The predicted octanol–water partition coefficient (Wildman–Crippen LogP) is 2.28. The second-order valence-corrected chi connectivity index (χ2v) is 4.18. The summed E-state index contributed by atoms with van der Waals surface area (Å²) in [4.78, 5) is 21.4. The molecule has 0 aliphatic rings. The van der Waals surface area contributed by atoms with E-state index in [-0.39, 0.29) is 5.69 Å². The molecule has 1 rings (SSSR count). The second-order valence-electron chi connectivity index (χ2n) is 4.18. The Hall–Kier alpha value is -1.91. The predicted molar refractivity (Wildman–Crippen MR) is 64.8 cm³/mol. The van der Waals surface area contributed by atoms with Crippen molar-refractivity contribution < 1.29 is 9.72 Å².